The number of rotatable bonds is 5. The first kappa shape index (κ1) is 17.1. The summed E-state index contributed by atoms with van der Waals surface area (Å²) < 4.78 is 60.3. The van der Waals surface area contributed by atoms with Gasteiger partial charge in [-0.05, 0) is 0 Å². The number of hydrogen-bond acceptors (Lipinski definition) is 4. The number of halogens is 6. The third-order valence-electron chi connectivity index (χ3n) is 1.67. The van der Waals surface area contributed by atoms with Crippen LogP contribution in [-0.4, -0.2) is 37.5 Å². The molecule has 0 fully saturated rings. The molecule has 0 spiro atoms. The molecule has 0 saturated carbocycles. The largest absolute Gasteiger partial charge is 0.534 e. The Labute approximate surface area is 110 Å². The minimum Gasteiger partial charge on any atom is -0.339 e. The van der Waals surface area contributed by atoms with Crippen molar-refractivity contribution in [1.29, 1.82) is 0 Å². The Morgan fingerprint density at radius 1 is 1.06 bits per heavy atom. The van der Waals surface area contributed by atoms with Crippen LogP contribution in [0.1, 0.15) is 0 Å². The van der Waals surface area contributed by atoms with Crippen LogP contribution in [0.25, 0.3) is 0 Å². The van der Waals surface area contributed by atoms with Crippen LogP contribution in [0.5, 0.6) is 0 Å². The second-order valence-corrected chi connectivity index (χ2v) is 5.29. The first-order chi connectivity index (χ1) is 7.56. The van der Waals surface area contributed by atoms with Crippen molar-refractivity contribution in [2.45, 2.75) is 5.51 Å². The fourth-order valence-electron chi connectivity index (χ4n) is 0.506. The maximum absolute atomic E-state index is 11.9. The summed E-state index contributed by atoms with van der Waals surface area (Å²) in [6.07, 6.45) is 0. The molecule has 0 aromatic heterocycles. The van der Waals surface area contributed by atoms with E-state index >= 15 is 0 Å². The third kappa shape index (κ3) is 3.77. The van der Waals surface area contributed by atoms with Crippen molar-refractivity contribution < 1.29 is 30.6 Å². The smallest absolute Gasteiger partial charge is 0.339 e. The van der Waals surface area contributed by atoms with Crippen LogP contribution < -0.4 is 0 Å². The van der Waals surface area contributed by atoms with Gasteiger partial charge in [-0.1, -0.05) is 0 Å². The summed E-state index contributed by atoms with van der Waals surface area (Å²) in [5, 5.41) is 0. The lowest BCUT2D eigenvalue weighted by atomic mass is 9.96. The zero-order valence-electron chi connectivity index (χ0n) is 7.93. The molecule has 17 heavy (non-hydrogen) atoms. The molecule has 0 atom stereocenters. The number of alkyl halides is 6. The molecule has 0 radical (unpaired) electrons. The highest BCUT2D eigenvalue weighted by atomic mass is 35.5. The SMILES string of the molecule is O=C(OS(=O)(=O)C(F)(F)F)C(CCl)(CCl)CCl. The molecule has 4 nitrogen and oxygen atoms in total. The molecule has 0 aliphatic carbocycles. The molecule has 0 aliphatic heterocycles. The van der Waals surface area contributed by atoms with E-state index in [-0.39, 0.29) is 0 Å². The van der Waals surface area contributed by atoms with Crippen molar-refractivity contribution >= 4 is 50.9 Å². The Bertz CT molecular complexity index is 368. The molecule has 0 aromatic carbocycles. The van der Waals surface area contributed by atoms with Crippen molar-refractivity contribution in [3.8, 4) is 0 Å². The Balaban J connectivity index is 5.12. The fraction of sp³-hybridized carbons (Fsp3) is 0.833. The predicted octanol–water partition coefficient (Wildman–Crippen LogP) is 2.08. The summed E-state index contributed by atoms with van der Waals surface area (Å²) in [4.78, 5) is 11.3. The van der Waals surface area contributed by atoms with E-state index in [9.17, 15) is 26.4 Å². The predicted molar refractivity (Wildman–Crippen MR) is 55.7 cm³/mol. The maximum Gasteiger partial charge on any atom is 0.534 e. The average Bonchev–Trinajstić information content (AvgIpc) is 2.18. The first-order valence-electron chi connectivity index (χ1n) is 3.79. The quantitative estimate of drug-likeness (QED) is 0.438. The minimum absolute atomic E-state index is 0.577. The summed E-state index contributed by atoms with van der Waals surface area (Å²) in [7, 11) is -6.04. The molecule has 0 amide bonds. The molecular weight excluding hydrogens is 331 g/mol. The average molecular weight is 338 g/mol. The van der Waals surface area contributed by atoms with Crippen LogP contribution in [0.3, 0.4) is 0 Å². The molecular formula is C6H6Cl3F3O4S. The number of carbonyl (C=O) groups excluding carboxylic acids is 1. The van der Waals surface area contributed by atoms with Gasteiger partial charge in [0.25, 0.3) is 0 Å². The molecule has 0 heterocycles. The Morgan fingerprint density at radius 2 is 1.41 bits per heavy atom. The monoisotopic (exact) mass is 336 g/mol. The molecule has 0 rings (SSSR count). The van der Waals surface area contributed by atoms with Crippen molar-refractivity contribution in [3.63, 3.8) is 0 Å². The van der Waals surface area contributed by atoms with Crippen LogP contribution in [0.4, 0.5) is 13.2 Å². The molecule has 0 aromatic rings. The fourth-order valence-corrected chi connectivity index (χ4v) is 2.16. The topological polar surface area (TPSA) is 60.4 Å². The van der Waals surface area contributed by atoms with Gasteiger partial charge in [0.05, 0.1) is 0 Å². The zero-order valence-corrected chi connectivity index (χ0v) is 11.0. The molecule has 0 unspecified atom stereocenters. The van der Waals surface area contributed by atoms with Gasteiger partial charge >= 0.3 is 21.6 Å². The Kier molecular flexibility index (Phi) is 5.84. The van der Waals surface area contributed by atoms with E-state index in [0.29, 0.717) is 0 Å². The Hall–Kier alpha value is 0.0800. The highest BCUT2D eigenvalue weighted by Crippen LogP contribution is 2.30. The van der Waals surface area contributed by atoms with Gasteiger partial charge in [0.2, 0.25) is 0 Å². The van der Waals surface area contributed by atoms with Crippen LogP contribution in [0, 0.1) is 5.41 Å². The van der Waals surface area contributed by atoms with Crippen molar-refractivity contribution in [3.05, 3.63) is 0 Å². The molecule has 0 N–H and O–H groups in total. The second-order valence-electron chi connectivity index (χ2n) is 2.95. The van der Waals surface area contributed by atoms with E-state index in [0.717, 1.165) is 0 Å². The number of hydrogen-bond donors (Lipinski definition) is 0. The molecule has 0 aliphatic rings. The first-order valence-corrected chi connectivity index (χ1v) is 6.80. The van der Waals surface area contributed by atoms with Gasteiger partial charge in [-0.15, -0.1) is 34.8 Å². The molecule has 0 saturated heterocycles. The van der Waals surface area contributed by atoms with Gasteiger partial charge in [-0.25, -0.2) is 0 Å². The summed E-state index contributed by atoms with van der Waals surface area (Å²) in [5.41, 5.74) is -7.59. The summed E-state index contributed by atoms with van der Waals surface area (Å²) in [5.74, 6) is -3.47. The molecule has 102 valence electrons. The van der Waals surface area contributed by atoms with Crippen LogP contribution >= 0.6 is 34.8 Å². The van der Waals surface area contributed by atoms with Gasteiger partial charge in [0.15, 0.2) is 0 Å². The van der Waals surface area contributed by atoms with Gasteiger partial charge in [-0.3, -0.25) is 4.79 Å². The van der Waals surface area contributed by atoms with Gasteiger partial charge in [-0.2, -0.15) is 21.6 Å². The van der Waals surface area contributed by atoms with E-state index in [1.165, 1.54) is 0 Å². The van der Waals surface area contributed by atoms with Crippen molar-refractivity contribution in [2.75, 3.05) is 17.6 Å². The standard InChI is InChI=1S/C6H6Cl3F3O4S/c7-1-5(2-8,3-9)4(13)16-17(14,15)6(10,11)12/h1-3H2. The second kappa shape index (κ2) is 5.81. The van der Waals surface area contributed by atoms with Crippen LogP contribution in [-0.2, 0) is 19.1 Å². The highest BCUT2D eigenvalue weighted by Gasteiger charge is 2.52. The minimum atomic E-state index is -6.04. The van der Waals surface area contributed by atoms with Crippen molar-refractivity contribution in [2.24, 2.45) is 5.41 Å². The lowest BCUT2D eigenvalue weighted by Gasteiger charge is -2.23. The van der Waals surface area contributed by atoms with Gasteiger partial charge in [0.1, 0.15) is 5.41 Å². The molecule has 11 heteroatoms. The molecule has 0 bridgehead atoms. The normalized spacial score (nSPS) is 13.5. The zero-order chi connectivity index (χ0) is 13.9. The van der Waals surface area contributed by atoms with E-state index in [1.807, 2.05) is 0 Å². The Morgan fingerprint density at radius 3 is 1.65 bits per heavy atom. The van der Waals surface area contributed by atoms with E-state index in [4.69, 9.17) is 34.8 Å². The van der Waals surface area contributed by atoms with Gasteiger partial charge < -0.3 is 4.18 Å². The van der Waals surface area contributed by atoms with E-state index in [1.54, 1.807) is 0 Å². The van der Waals surface area contributed by atoms with E-state index in [2.05, 4.69) is 4.18 Å². The van der Waals surface area contributed by atoms with Crippen LogP contribution in [0.15, 0.2) is 0 Å². The lowest BCUT2D eigenvalue weighted by molar-refractivity contribution is -0.144. The summed E-state index contributed by atoms with van der Waals surface area (Å²) in [6.45, 7) is 0. The van der Waals surface area contributed by atoms with E-state index < -0.39 is 44.7 Å². The number of carbonyl (C=O) groups is 1. The summed E-state index contributed by atoms with van der Waals surface area (Å²) >= 11 is 16.0. The van der Waals surface area contributed by atoms with Crippen LogP contribution in [0.2, 0.25) is 0 Å². The lowest BCUT2D eigenvalue weighted by Crippen LogP contribution is -2.41. The summed E-state index contributed by atoms with van der Waals surface area (Å²) in [6, 6.07) is 0. The third-order valence-corrected chi connectivity index (χ3v) is 4.14. The highest BCUT2D eigenvalue weighted by molar-refractivity contribution is 7.88. The maximum atomic E-state index is 11.9. The van der Waals surface area contributed by atoms with Gasteiger partial charge in [0, 0.05) is 17.6 Å². The van der Waals surface area contributed by atoms with Crippen molar-refractivity contribution in [1.82, 2.24) is 0 Å².